The van der Waals surface area contributed by atoms with Gasteiger partial charge in [-0.25, -0.2) is 9.59 Å². The third-order valence-electron chi connectivity index (χ3n) is 4.72. The van der Waals surface area contributed by atoms with Gasteiger partial charge in [0.25, 0.3) is 0 Å². The molecule has 1 saturated heterocycles. The number of carbonyl (C=O) groups excluding carboxylic acids is 2. The zero-order valence-corrected chi connectivity index (χ0v) is 15.2. The van der Waals surface area contributed by atoms with E-state index in [0.29, 0.717) is 18.4 Å². The molecule has 6 heteroatoms. The summed E-state index contributed by atoms with van der Waals surface area (Å²) >= 11 is 0. The highest BCUT2D eigenvalue weighted by Crippen LogP contribution is 2.36. The van der Waals surface area contributed by atoms with E-state index < -0.39 is 30.1 Å². The minimum atomic E-state index is -0.626. The molecule has 0 unspecified atom stereocenters. The van der Waals surface area contributed by atoms with Crippen LogP contribution < -0.4 is 0 Å². The second kappa shape index (κ2) is 8.96. The lowest BCUT2D eigenvalue weighted by Crippen LogP contribution is -2.33. The van der Waals surface area contributed by atoms with Gasteiger partial charge < -0.3 is 19.7 Å². The van der Waals surface area contributed by atoms with Crippen LogP contribution in [-0.2, 0) is 19.1 Å². The Balaban J connectivity index is 2.38. The molecule has 0 bridgehead atoms. The Morgan fingerprint density at radius 3 is 2.85 bits per heavy atom. The molecule has 0 aromatic rings. The third kappa shape index (κ3) is 4.71. The van der Waals surface area contributed by atoms with Gasteiger partial charge in [0.15, 0.2) is 0 Å². The summed E-state index contributed by atoms with van der Waals surface area (Å²) in [7, 11) is 0. The Kier molecular flexibility index (Phi) is 6.94. The van der Waals surface area contributed by atoms with E-state index in [2.05, 4.69) is 6.58 Å². The monoisotopic (exact) mass is 362 g/mol. The van der Waals surface area contributed by atoms with E-state index in [1.165, 1.54) is 6.08 Å². The van der Waals surface area contributed by atoms with Gasteiger partial charge in [-0.05, 0) is 44.4 Å². The first kappa shape index (κ1) is 20.1. The van der Waals surface area contributed by atoms with Crippen molar-refractivity contribution in [3.63, 3.8) is 0 Å². The number of aliphatic hydroxyl groups excluding tert-OH is 2. The molecule has 0 spiro atoms. The molecule has 0 radical (unpaired) electrons. The minimum absolute atomic E-state index is 0.122. The maximum absolute atomic E-state index is 12.3. The number of ether oxygens (including phenoxy) is 2. The molecule has 142 valence electrons. The van der Waals surface area contributed by atoms with Crippen LogP contribution in [0.5, 0.6) is 0 Å². The normalized spacial score (nSPS) is 31.2. The Bertz CT molecular complexity index is 670. The van der Waals surface area contributed by atoms with Crippen LogP contribution in [0.25, 0.3) is 0 Å². The summed E-state index contributed by atoms with van der Waals surface area (Å²) in [6.07, 6.45) is 5.78. The standard InChI is InChI=1S/C20H26O6/c1-12-5-4-6-15(11-22)10-17-18(14(3)20(24)26-17)16(9-12)25-19(23)13(2)7-8-21/h5,7,10,16-18,21-22H,3-4,6,8-9,11H2,1-2H3/b12-5-,13-7+,15-10+/t16-,17+,18-/m0/s1. The topological polar surface area (TPSA) is 93.1 Å². The molecule has 26 heavy (non-hydrogen) atoms. The molecule has 3 atom stereocenters. The van der Waals surface area contributed by atoms with Gasteiger partial charge in [0.1, 0.15) is 12.2 Å². The summed E-state index contributed by atoms with van der Waals surface area (Å²) in [5.74, 6) is -1.58. The zero-order chi connectivity index (χ0) is 19.3. The van der Waals surface area contributed by atoms with Gasteiger partial charge in [-0.3, -0.25) is 0 Å². The molecular formula is C20H26O6. The molecule has 1 aliphatic heterocycles. The number of hydrogen-bond donors (Lipinski definition) is 2. The molecule has 1 heterocycles. The highest BCUT2D eigenvalue weighted by molar-refractivity contribution is 5.92. The molecule has 1 fully saturated rings. The Morgan fingerprint density at radius 1 is 1.46 bits per heavy atom. The molecule has 0 saturated carbocycles. The predicted molar refractivity (Wildman–Crippen MR) is 96.0 cm³/mol. The largest absolute Gasteiger partial charge is 0.458 e. The summed E-state index contributed by atoms with van der Waals surface area (Å²) in [6.45, 7) is 6.95. The first-order valence-electron chi connectivity index (χ1n) is 8.71. The van der Waals surface area contributed by atoms with Crippen LogP contribution >= 0.6 is 0 Å². The van der Waals surface area contributed by atoms with Gasteiger partial charge in [-0.1, -0.05) is 18.2 Å². The highest BCUT2D eigenvalue weighted by Gasteiger charge is 2.44. The van der Waals surface area contributed by atoms with Gasteiger partial charge in [0.2, 0.25) is 0 Å². The number of rotatable bonds is 4. The zero-order valence-electron chi connectivity index (χ0n) is 15.2. The third-order valence-corrected chi connectivity index (χ3v) is 4.72. The van der Waals surface area contributed by atoms with Gasteiger partial charge in [-0.15, -0.1) is 0 Å². The van der Waals surface area contributed by atoms with Gasteiger partial charge in [0.05, 0.1) is 19.1 Å². The maximum Gasteiger partial charge on any atom is 0.334 e. The smallest absolute Gasteiger partial charge is 0.334 e. The predicted octanol–water partition coefficient (Wildman–Crippen LogP) is 1.98. The number of aliphatic hydroxyl groups is 2. The molecule has 2 N–H and O–H groups in total. The van der Waals surface area contributed by atoms with Crippen LogP contribution in [-0.4, -0.2) is 47.6 Å². The first-order valence-corrected chi connectivity index (χ1v) is 8.71. The average Bonchev–Trinajstić information content (AvgIpc) is 2.87. The van der Waals surface area contributed by atoms with Crippen LogP contribution in [0.2, 0.25) is 0 Å². The molecule has 0 amide bonds. The molecule has 2 rings (SSSR count). The molecule has 0 aromatic carbocycles. The summed E-state index contributed by atoms with van der Waals surface area (Å²) in [5.41, 5.74) is 2.36. The van der Waals surface area contributed by atoms with E-state index in [1.54, 1.807) is 13.0 Å². The number of carbonyl (C=O) groups is 2. The van der Waals surface area contributed by atoms with E-state index in [1.807, 2.05) is 13.0 Å². The fraction of sp³-hybridized carbons (Fsp3) is 0.500. The van der Waals surface area contributed by atoms with Gasteiger partial charge in [0, 0.05) is 17.6 Å². The maximum atomic E-state index is 12.3. The van der Waals surface area contributed by atoms with E-state index >= 15 is 0 Å². The Labute approximate surface area is 153 Å². The molecule has 0 aromatic heterocycles. The van der Waals surface area contributed by atoms with Crippen LogP contribution in [0.4, 0.5) is 0 Å². The molecular weight excluding hydrogens is 336 g/mol. The van der Waals surface area contributed by atoms with Crippen LogP contribution in [0.3, 0.4) is 0 Å². The second-order valence-corrected chi connectivity index (χ2v) is 6.71. The fourth-order valence-corrected chi connectivity index (χ4v) is 3.23. The Morgan fingerprint density at radius 2 is 2.19 bits per heavy atom. The summed E-state index contributed by atoms with van der Waals surface area (Å²) < 4.78 is 11.1. The number of allylic oxidation sites excluding steroid dienone is 1. The molecule has 1 aliphatic carbocycles. The van der Waals surface area contributed by atoms with E-state index in [9.17, 15) is 14.7 Å². The highest BCUT2D eigenvalue weighted by atomic mass is 16.6. The second-order valence-electron chi connectivity index (χ2n) is 6.71. The minimum Gasteiger partial charge on any atom is -0.458 e. The quantitative estimate of drug-likeness (QED) is 0.451. The van der Waals surface area contributed by atoms with E-state index in [0.717, 1.165) is 17.6 Å². The van der Waals surface area contributed by atoms with Crippen molar-refractivity contribution in [2.45, 2.75) is 45.3 Å². The SMILES string of the molecule is C=C1C(=O)O[C@@H]2/C=C(/CO)CC/C=C(/C)C[C@H](OC(=O)/C(C)=C/CO)[C@H]12. The van der Waals surface area contributed by atoms with E-state index in [-0.39, 0.29) is 18.8 Å². The summed E-state index contributed by atoms with van der Waals surface area (Å²) in [4.78, 5) is 24.4. The number of hydrogen-bond acceptors (Lipinski definition) is 6. The van der Waals surface area contributed by atoms with Crippen molar-refractivity contribution in [2.75, 3.05) is 13.2 Å². The van der Waals surface area contributed by atoms with Crippen molar-refractivity contribution >= 4 is 11.9 Å². The summed E-state index contributed by atoms with van der Waals surface area (Å²) in [5, 5.41) is 18.5. The van der Waals surface area contributed by atoms with E-state index in [4.69, 9.17) is 14.6 Å². The van der Waals surface area contributed by atoms with Crippen LogP contribution in [0.15, 0.2) is 47.1 Å². The molecule has 2 aliphatic rings. The van der Waals surface area contributed by atoms with Crippen LogP contribution in [0.1, 0.15) is 33.1 Å². The van der Waals surface area contributed by atoms with Crippen molar-refractivity contribution < 1.29 is 29.3 Å². The Hall–Kier alpha value is -2.18. The average molecular weight is 362 g/mol. The van der Waals surface area contributed by atoms with Gasteiger partial charge in [-0.2, -0.15) is 0 Å². The van der Waals surface area contributed by atoms with Crippen molar-refractivity contribution in [3.8, 4) is 0 Å². The fourth-order valence-electron chi connectivity index (χ4n) is 3.23. The molecule has 6 nitrogen and oxygen atoms in total. The van der Waals surface area contributed by atoms with Crippen molar-refractivity contribution in [1.29, 1.82) is 0 Å². The number of fused-ring (bicyclic) bond motifs is 1. The van der Waals surface area contributed by atoms with Crippen LogP contribution in [0, 0.1) is 5.92 Å². The number of esters is 2. The lowest BCUT2D eigenvalue weighted by molar-refractivity contribution is -0.147. The van der Waals surface area contributed by atoms with Crippen molar-refractivity contribution in [1.82, 2.24) is 0 Å². The van der Waals surface area contributed by atoms with Crippen molar-refractivity contribution in [3.05, 3.63) is 47.1 Å². The summed E-state index contributed by atoms with van der Waals surface area (Å²) in [6, 6.07) is 0. The lowest BCUT2D eigenvalue weighted by atomic mass is 9.85. The lowest BCUT2D eigenvalue weighted by Gasteiger charge is -2.27. The first-order chi connectivity index (χ1) is 12.4. The van der Waals surface area contributed by atoms with Gasteiger partial charge >= 0.3 is 11.9 Å². The van der Waals surface area contributed by atoms with Crippen molar-refractivity contribution in [2.24, 2.45) is 5.92 Å².